The molecule has 0 radical (unpaired) electrons. The van der Waals surface area contributed by atoms with Crippen molar-refractivity contribution in [3.8, 4) is 11.6 Å². The second-order valence-corrected chi connectivity index (χ2v) is 10.1. The Morgan fingerprint density at radius 3 is 2.77 bits per heavy atom. The maximum Gasteiger partial charge on any atom is 0.248 e. The second-order valence-electron chi connectivity index (χ2n) is 9.14. The number of furan rings is 1. The number of amides is 2. The summed E-state index contributed by atoms with van der Waals surface area (Å²) in [5.74, 6) is 1.13. The van der Waals surface area contributed by atoms with Gasteiger partial charge in [0.2, 0.25) is 17.6 Å². The number of tetrazole rings is 1. The molecule has 1 saturated carbocycles. The van der Waals surface area contributed by atoms with E-state index in [1.54, 1.807) is 11.0 Å². The van der Waals surface area contributed by atoms with E-state index in [2.05, 4.69) is 20.7 Å². The van der Waals surface area contributed by atoms with E-state index in [0.717, 1.165) is 49.2 Å². The quantitative estimate of drug-likeness (QED) is 0.482. The molecule has 2 fully saturated rings. The molecule has 2 atom stereocenters. The first-order valence-electron chi connectivity index (χ1n) is 12.2. The second kappa shape index (κ2) is 10.7. The van der Waals surface area contributed by atoms with Gasteiger partial charge in [0.15, 0.2) is 5.76 Å². The number of carbonyl (C=O) groups excluding carboxylic acids is 2. The van der Waals surface area contributed by atoms with Gasteiger partial charge in [-0.2, -0.15) is 4.80 Å². The number of aromatic nitrogens is 4. The van der Waals surface area contributed by atoms with Crippen molar-refractivity contribution in [2.45, 2.75) is 70.2 Å². The van der Waals surface area contributed by atoms with Gasteiger partial charge in [-0.1, -0.05) is 18.9 Å². The number of nitrogens with zero attached hydrogens (tertiary/aromatic N) is 5. The molecule has 4 heterocycles. The molecule has 0 spiro atoms. The first kappa shape index (κ1) is 23.7. The van der Waals surface area contributed by atoms with Gasteiger partial charge in [0, 0.05) is 24.1 Å². The van der Waals surface area contributed by atoms with Crippen LogP contribution in [0.1, 0.15) is 55.2 Å². The number of hydrogen-bond acceptors (Lipinski definition) is 8. The van der Waals surface area contributed by atoms with Crippen LogP contribution < -0.4 is 5.32 Å². The van der Waals surface area contributed by atoms with Crippen molar-refractivity contribution in [3.63, 3.8) is 0 Å². The number of hydrogen-bond donors (Lipinski definition) is 1. The predicted octanol–water partition coefficient (Wildman–Crippen LogP) is 3.11. The summed E-state index contributed by atoms with van der Waals surface area (Å²) in [7, 11) is 0. The molecule has 1 aliphatic heterocycles. The Balaban J connectivity index is 1.39. The van der Waals surface area contributed by atoms with E-state index in [-0.39, 0.29) is 30.5 Å². The van der Waals surface area contributed by atoms with E-state index < -0.39 is 6.04 Å². The molecular formula is C24H30N6O4S. The summed E-state index contributed by atoms with van der Waals surface area (Å²) in [6.07, 6.45) is 5.87. The van der Waals surface area contributed by atoms with E-state index in [0.29, 0.717) is 24.7 Å². The fourth-order valence-corrected chi connectivity index (χ4v) is 5.59. The smallest absolute Gasteiger partial charge is 0.248 e. The zero-order chi connectivity index (χ0) is 24.2. The molecule has 3 aromatic rings. The van der Waals surface area contributed by atoms with Gasteiger partial charge in [-0.25, -0.2) is 0 Å². The number of aryl methyl sites for hydroxylation is 1. The van der Waals surface area contributed by atoms with Gasteiger partial charge < -0.3 is 19.4 Å². The van der Waals surface area contributed by atoms with Crippen LogP contribution in [0.25, 0.3) is 11.6 Å². The van der Waals surface area contributed by atoms with Gasteiger partial charge in [-0.3, -0.25) is 9.59 Å². The minimum atomic E-state index is -0.733. The van der Waals surface area contributed by atoms with Crippen LogP contribution in [0.3, 0.4) is 0 Å². The predicted molar refractivity (Wildman–Crippen MR) is 128 cm³/mol. The summed E-state index contributed by atoms with van der Waals surface area (Å²) in [4.78, 5) is 30.9. The van der Waals surface area contributed by atoms with Gasteiger partial charge in [-0.05, 0) is 61.4 Å². The summed E-state index contributed by atoms with van der Waals surface area (Å²) in [5.41, 5.74) is 0. The molecule has 0 bridgehead atoms. The molecule has 5 rings (SSSR count). The van der Waals surface area contributed by atoms with Crippen molar-refractivity contribution >= 4 is 23.2 Å². The lowest BCUT2D eigenvalue weighted by molar-refractivity contribution is -0.143. The molecule has 35 heavy (non-hydrogen) atoms. The van der Waals surface area contributed by atoms with Crippen molar-refractivity contribution in [1.82, 2.24) is 30.4 Å². The topological polar surface area (TPSA) is 115 Å². The largest absolute Gasteiger partial charge is 0.458 e. The normalized spacial score (nSPS) is 19.2. The highest BCUT2D eigenvalue weighted by Gasteiger charge is 2.36. The van der Waals surface area contributed by atoms with Gasteiger partial charge in [0.25, 0.3) is 0 Å². The maximum atomic E-state index is 13.7. The molecular weight excluding hydrogens is 468 g/mol. The van der Waals surface area contributed by atoms with Crippen LogP contribution >= 0.6 is 11.3 Å². The highest BCUT2D eigenvalue weighted by atomic mass is 32.1. The zero-order valence-electron chi connectivity index (χ0n) is 19.8. The highest BCUT2D eigenvalue weighted by molar-refractivity contribution is 7.10. The Labute approximate surface area is 207 Å². The summed E-state index contributed by atoms with van der Waals surface area (Å²) in [6.45, 7) is 2.69. The third kappa shape index (κ3) is 5.62. The minimum Gasteiger partial charge on any atom is -0.458 e. The van der Waals surface area contributed by atoms with E-state index >= 15 is 0 Å². The molecule has 10 nitrogen and oxygen atoms in total. The lowest BCUT2D eigenvalue weighted by Gasteiger charge is -2.32. The van der Waals surface area contributed by atoms with Crippen LogP contribution in [-0.2, 0) is 20.9 Å². The van der Waals surface area contributed by atoms with E-state index in [4.69, 9.17) is 9.15 Å². The molecule has 3 aromatic heterocycles. The Morgan fingerprint density at radius 1 is 1.23 bits per heavy atom. The lowest BCUT2D eigenvalue weighted by Crippen LogP contribution is -2.49. The monoisotopic (exact) mass is 498 g/mol. The van der Waals surface area contributed by atoms with Crippen molar-refractivity contribution in [2.24, 2.45) is 0 Å². The molecule has 0 aromatic carbocycles. The first-order chi connectivity index (χ1) is 17.1. The van der Waals surface area contributed by atoms with Crippen LogP contribution in [0.2, 0.25) is 0 Å². The highest BCUT2D eigenvalue weighted by Crippen LogP contribution is 2.29. The van der Waals surface area contributed by atoms with Crippen molar-refractivity contribution in [2.75, 3.05) is 13.2 Å². The number of carbonyl (C=O) groups is 2. The van der Waals surface area contributed by atoms with Crippen molar-refractivity contribution in [3.05, 3.63) is 40.3 Å². The van der Waals surface area contributed by atoms with Crippen LogP contribution in [-0.4, -0.2) is 62.2 Å². The number of rotatable bonds is 9. The molecule has 2 aliphatic rings. The third-order valence-corrected chi connectivity index (χ3v) is 7.43. The van der Waals surface area contributed by atoms with E-state index in [1.165, 1.54) is 16.1 Å². The van der Waals surface area contributed by atoms with Crippen molar-refractivity contribution < 1.29 is 18.7 Å². The van der Waals surface area contributed by atoms with Gasteiger partial charge in [-0.15, -0.1) is 21.5 Å². The summed E-state index contributed by atoms with van der Waals surface area (Å²) in [5, 5.41) is 17.5. The number of thiophene rings is 1. The first-order valence-corrected chi connectivity index (χ1v) is 13.0. The fraction of sp³-hybridized carbons (Fsp3) is 0.542. The van der Waals surface area contributed by atoms with Crippen LogP contribution in [0, 0.1) is 6.92 Å². The molecule has 1 saturated heterocycles. The SMILES string of the molecule is Cc1ccc(-c2nnn(CC(=O)N(CC3CCCO3)C(C(=O)NC3CCCC3)c3cccs3)n2)o1. The van der Waals surface area contributed by atoms with E-state index in [9.17, 15) is 9.59 Å². The lowest BCUT2D eigenvalue weighted by atomic mass is 10.1. The van der Waals surface area contributed by atoms with E-state index in [1.807, 2.05) is 30.5 Å². The molecule has 11 heteroatoms. The van der Waals surface area contributed by atoms with Gasteiger partial charge in [0.05, 0.1) is 6.10 Å². The average Bonchev–Trinajstić information content (AvgIpc) is 3.65. The summed E-state index contributed by atoms with van der Waals surface area (Å²) < 4.78 is 11.4. The maximum absolute atomic E-state index is 13.7. The van der Waals surface area contributed by atoms with Gasteiger partial charge >= 0.3 is 0 Å². The Bertz CT molecular complexity index is 1130. The Kier molecular flexibility index (Phi) is 7.24. The van der Waals surface area contributed by atoms with Crippen molar-refractivity contribution in [1.29, 1.82) is 0 Å². The molecule has 2 amide bonds. The number of ether oxygens (including phenoxy) is 1. The van der Waals surface area contributed by atoms with Crippen LogP contribution in [0.5, 0.6) is 0 Å². The zero-order valence-corrected chi connectivity index (χ0v) is 20.6. The summed E-state index contributed by atoms with van der Waals surface area (Å²) in [6, 6.07) is 6.82. The standard InChI is InChI=1S/C24H30N6O4S/c1-16-10-11-19(34-16)23-26-28-30(27-23)15-21(31)29(14-18-8-4-12-33-18)22(20-9-5-13-35-20)24(32)25-17-6-2-3-7-17/h5,9-11,13,17-18,22H,2-4,6-8,12,14-15H2,1H3,(H,25,32). The number of nitrogens with one attached hydrogen (secondary N) is 1. The molecule has 186 valence electrons. The van der Waals surface area contributed by atoms with Crippen LogP contribution in [0.15, 0.2) is 34.1 Å². The van der Waals surface area contributed by atoms with Gasteiger partial charge in [0.1, 0.15) is 18.3 Å². The van der Waals surface area contributed by atoms with Crippen LogP contribution in [0.4, 0.5) is 0 Å². The summed E-state index contributed by atoms with van der Waals surface area (Å²) >= 11 is 1.47. The Morgan fingerprint density at radius 2 is 2.09 bits per heavy atom. The minimum absolute atomic E-state index is 0.106. The Hall–Kier alpha value is -3.05. The molecule has 1 N–H and O–H groups in total. The molecule has 2 unspecified atom stereocenters. The fourth-order valence-electron chi connectivity index (χ4n) is 4.76. The third-order valence-electron chi connectivity index (χ3n) is 6.51. The molecule has 1 aliphatic carbocycles. The average molecular weight is 499 g/mol.